The molecule has 1 amide bonds. The molecule has 2 aliphatic rings. The minimum absolute atomic E-state index is 0.142. The maximum absolute atomic E-state index is 12.1. The first-order valence-electron chi connectivity index (χ1n) is 8.34. The molecule has 2 fully saturated rings. The summed E-state index contributed by atoms with van der Waals surface area (Å²) in [5, 5.41) is 16.0. The summed E-state index contributed by atoms with van der Waals surface area (Å²) in [6, 6.07) is 2.13. The van der Waals surface area contributed by atoms with E-state index in [0.29, 0.717) is 30.8 Å². The SMILES string of the molecule is Cc1cc(NC(=O)CSc2nnc(N3CCOCC3)n2C2CC2)no1. The Kier molecular flexibility index (Phi) is 4.62. The van der Waals surface area contributed by atoms with Crippen LogP contribution in [-0.2, 0) is 9.53 Å². The summed E-state index contributed by atoms with van der Waals surface area (Å²) in [5.41, 5.74) is 0. The van der Waals surface area contributed by atoms with Crippen LogP contribution in [0.3, 0.4) is 0 Å². The third-order valence-electron chi connectivity index (χ3n) is 4.08. The smallest absolute Gasteiger partial charge is 0.236 e. The van der Waals surface area contributed by atoms with Crippen LogP contribution < -0.4 is 10.2 Å². The zero-order chi connectivity index (χ0) is 17.2. The van der Waals surface area contributed by atoms with Crippen LogP contribution >= 0.6 is 11.8 Å². The number of nitrogens with one attached hydrogen (secondary N) is 1. The predicted octanol–water partition coefficient (Wildman–Crippen LogP) is 1.48. The Bertz CT molecular complexity index is 750. The third kappa shape index (κ3) is 3.79. The lowest BCUT2D eigenvalue weighted by Gasteiger charge is -2.27. The first kappa shape index (κ1) is 16.4. The molecular formula is C15H20N6O3S. The van der Waals surface area contributed by atoms with Gasteiger partial charge >= 0.3 is 0 Å². The highest BCUT2D eigenvalue weighted by Crippen LogP contribution is 2.41. The molecule has 25 heavy (non-hydrogen) atoms. The second-order valence-corrected chi connectivity index (χ2v) is 7.09. The zero-order valence-electron chi connectivity index (χ0n) is 14.0. The standard InChI is InChI=1S/C15H20N6O3S/c1-10-8-12(19-24-10)16-13(22)9-25-15-18-17-14(21(15)11-2-3-11)20-4-6-23-7-5-20/h8,11H,2-7,9H2,1H3,(H,16,19,22). The van der Waals surface area contributed by atoms with Crippen molar-refractivity contribution in [2.75, 3.05) is 42.3 Å². The fourth-order valence-electron chi connectivity index (χ4n) is 2.73. The number of ether oxygens (including phenoxy) is 1. The van der Waals surface area contributed by atoms with Crippen molar-refractivity contribution in [1.29, 1.82) is 0 Å². The number of nitrogens with zero attached hydrogens (tertiary/aromatic N) is 5. The normalized spacial score (nSPS) is 17.7. The fourth-order valence-corrected chi connectivity index (χ4v) is 3.53. The van der Waals surface area contributed by atoms with Crippen LogP contribution in [0.5, 0.6) is 0 Å². The van der Waals surface area contributed by atoms with Crippen molar-refractivity contribution in [2.24, 2.45) is 0 Å². The van der Waals surface area contributed by atoms with E-state index in [0.717, 1.165) is 37.0 Å². The number of aromatic nitrogens is 4. The van der Waals surface area contributed by atoms with Gasteiger partial charge in [-0.25, -0.2) is 0 Å². The van der Waals surface area contributed by atoms with Gasteiger partial charge in [-0.1, -0.05) is 16.9 Å². The third-order valence-corrected chi connectivity index (χ3v) is 5.02. The second-order valence-electron chi connectivity index (χ2n) is 6.14. The van der Waals surface area contributed by atoms with Gasteiger partial charge in [0.2, 0.25) is 11.9 Å². The molecule has 0 unspecified atom stereocenters. The molecule has 0 radical (unpaired) electrons. The molecule has 1 aliphatic carbocycles. The highest BCUT2D eigenvalue weighted by atomic mass is 32.2. The van der Waals surface area contributed by atoms with E-state index in [2.05, 4.69) is 30.1 Å². The topological polar surface area (TPSA) is 98.3 Å². The van der Waals surface area contributed by atoms with Crippen molar-refractivity contribution in [3.63, 3.8) is 0 Å². The predicted molar refractivity (Wildman–Crippen MR) is 91.9 cm³/mol. The van der Waals surface area contributed by atoms with E-state index in [1.54, 1.807) is 13.0 Å². The van der Waals surface area contributed by atoms with Crippen LogP contribution in [0.15, 0.2) is 15.7 Å². The summed E-state index contributed by atoms with van der Waals surface area (Å²) in [5.74, 6) is 2.09. The van der Waals surface area contributed by atoms with Gasteiger partial charge in [-0.3, -0.25) is 9.36 Å². The zero-order valence-corrected chi connectivity index (χ0v) is 14.8. The van der Waals surface area contributed by atoms with Gasteiger partial charge in [0.1, 0.15) is 5.76 Å². The summed E-state index contributed by atoms with van der Waals surface area (Å²) in [6.07, 6.45) is 2.26. The van der Waals surface area contributed by atoms with Crippen molar-refractivity contribution in [2.45, 2.75) is 31.0 Å². The summed E-state index contributed by atoms with van der Waals surface area (Å²) >= 11 is 1.40. The first-order valence-corrected chi connectivity index (χ1v) is 9.33. The van der Waals surface area contributed by atoms with Gasteiger partial charge in [0.15, 0.2) is 11.0 Å². The van der Waals surface area contributed by atoms with Crippen LogP contribution in [0.25, 0.3) is 0 Å². The molecule has 2 aromatic heterocycles. The van der Waals surface area contributed by atoms with Gasteiger partial charge in [0, 0.05) is 25.2 Å². The van der Waals surface area contributed by atoms with Crippen LogP contribution in [-0.4, -0.2) is 57.9 Å². The largest absolute Gasteiger partial charge is 0.378 e. The molecule has 1 saturated heterocycles. The molecule has 1 saturated carbocycles. The minimum Gasteiger partial charge on any atom is -0.378 e. The van der Waals surface area contributed by atoms with Crippen LogP contribution in [0, 0.1) is 6.92 Å². The average Bonchev–Trinajstić information content (AvgIpc) is 3.24. The molecule has 1 N–H and O–H groups in total. The van der Waals surface area contributed by atoms with Crippen LogP contribution in [0.4, 0.5) is 11.8 Å². The lowest BCUT2D eigenvalue weighted by molar-refractivity contribution is -0.113. The van der Waals surface area contributed by atoms with Crippen molar-refractivity contribution in [3.8, 4) is 0 Å². The van der Waals surface area contributed by atoms with Gasteiger partial charge in [0.05, 0.1) is 19.0 Å². The molecule has 9 nitrogen and oxygen atoms in total. The number of rotatable bonds is 6. The molecule has 134 valence electrons. The number of morpholine rings is 1. The number of hydrogen-bond acceptors (Lipinski definition) is 8. The summed E-state index contributed by atoms with van der Waals surface area (Å²) in [7, 11) is 0. The van der Waals surface area contributed by atoms with E-state index in [1.807, 2.05) is 0 Å². The average molecular weight is 364 g/mol. The monoisotopic (exact) mass is 364 g/mol. The highest BCUT2D eigenvalue weighted by Gasteiger charge is 2.32. The second kappa shape index (κ2) is 7.04. The molecule has 0 aromatic carbocycles. The number of aryl methyl sites for hydroxylation is 1. The van der Waals surface area contributed by atoms with Gasteiger partial charge in [-0.05, 0) is 19.8 Å². The van der Waals surface area contributed by atoms with Crippen LogP contribution in [0.2, 0.25) is 0 Å². The number of hydrogen-bond donors (Lipinski definition) is 1. The Labute approximate surface area is 149 Å². The van der Waals surface area contributed by atoms with Crippen LogP contribution in [0.1, 0.15) is 24.6 Å². The van der Waals surface area contributed by atoms with Gasteiger partial charge in [-0.15, -0.1) is 10.2 Å². The summed E-state index contributed by atoms with van der Waals surface area (Å²) < 4.78 is 12.5. The maximum Gasteiger partial charge on any atom is 0.236 e. The Morgan fingerprint density at radius 2 is 2.16 bits per heavy atom. The van der Waals surface area contributed by atoms with E-state index in [4.69, 9.17) is 9.26 Å². The molecule has 1 aliphatic heterocycles. The Morgan fingerprint density at radius 3 is 2.84 bits per heavy atom. The van der Waals surface area contributed by atoms with E-state index in [-0.39, 0.29) is 11.7 Å². The number of thioether (sulfide) groups is 1. The van der Waals surface area contributed by atoms with E-state index in [1.165, 1.54) is 11.8 Å². The van der Waals surface area contributed by atoms with Crippen molar-refractivity contribution < 1.29 is 14.1 Å². The van der Waals surface area contributed by atoms with Gasteiger partial charge < -0.3 is 19.5 Å². The van der Waals surface area contributed by atoms with Crippen molar-refractivity contribution in [1.82, 2.24) is 19.9 Å². The number of amides is 1. The molecular weight excluding hydrogens is 344 g/mol. The lowest BCUT2D eigenvalue weighted by atomic mass is 10.4. The Hall–Kier alpha value is -2.07. The fraction of sp³-hybridized carbons (Fsp3) is 0.600. The molecule has 2 aromatic rings. The molecule has 0 bridgehead atoms. The Morgan fingerprint density at radius 1 is 1.36 bits per heavy atom. The molecule has 10 heteroatoms. The van der Waals surface area contributed by atoms with E-state index >= 15 is 0 Å². The lowest BCUT2D eigenvalue weighted by Crippen LogP contribution is -2.38. The molecule has 4 rings (SSSR count). The quantitative estimate of drug-likeness (QED) is 0.770. The molecule has 3 heterocycles. The van der Waals surface area contributed by atoms with E-state index < -0.39 is 0 Å². The number of carbonyl (C=O) groups excluding carboxylic acids is 1. The molecule has 0 atom stereocenters. The summed E-state index contributed by atoms with van der Waals surface area (Å²) in [4.78, 5) is 14.3. The number of anilines is 2. The summed E-state index contributed by atoms with van der Waals surface area (Å²) in [6.45, 7) is 4.84. The highest BCUT2D eigenvalue weighted by molar-refractivity contribution is 7.99. The minimum atomic E-state index is -0.142. The number of carbonyl (C=O) groups is 1. The van der Waals surface area contributed by atoms with Crippen molar-refractivity contribution in [3.05, 3.63) is 11.8 Å². The maximum atomic E-state index is 12.1. The van der Waals surface area contributed by atoms with E-state index in [9.17, 15) is 4.79 Å². The van der Waals surface area contributed by atoms with Crippen molar-refractivity contribution >= 4 is 29.4 Å². The molecule has 0 spiro atoms. The van der Waals surface area contributed by atoms with Gasteiger partial charge in [-0.2, -0.15) is 0 Å². The first-order chi connectivity index (χ1) is 12.2. The Balaban J connectivity index is 1.41. The van der Waals surface area contributed by atoms with Gasteiger partial charge in [0.25, 0.3) is 0 Å².